The third-order valence-electron chi connectivity index (χ3n) is 3.43. The van der Waals surface area contributed by atoms with Crippen LogP contribution >= 0.6 is 11.6 Å². The minimum atomic E-state index is -0.374. The highest BCUT2D eigenvalue weighted by molar-refractivity contribution is 6.29. The Labute approximate surface area is 110 Å². The van der Waals surface area contributed by atoms with Crippen molar-refractivity contribution >= 4 is 23.1 Å². The number of hydrogen-bond donors (Lipinski definition) is 0. The molecule has 6 heteroatoms. The van der Waals surface area contributed by atoms with E-state index in [2.05, 4.69) is 9.88 Å². The number of rotatable bonds is 5. The molecule has 1 aromatic heterocycles. The summed E-state index contributed by atoms with van der Waals surface area (Å²) in [5, 5.41) is 11.4. The molecule has 96 valence electrons. The van der Waals surface area contributed by atoms with Gasteiger partial charge in [-0.2, -0.15) is 0 Å². The molecule has 0 atom stereocenters. The van der Waals surface area contributed by atoms with Crippen molar-refractivity contribution in [1.82, 2.24) is 4.98 Å². The van der Waals surface area contributed by atoms with Gasteiger partial charge in [-0.15, -0.1) is 0 Å². The van der Waals surface area contributed by atoms with Gasteiger partial charge in [0.15, 0.2) is 0 Å². The molecule has 0 aromatic carbocycles. The molecule has 2 aliphatic carbocycles. The first-order valence-corrected chi connectivity index (χ1v) is 6.60. The van der Waals surface area contributed by atoms with E-state index in [1.165, 1.54) is 25.0 Å². The fraction of sp³-hybridized carbons (Fsp3) is 0.583. The summed E-state index contributed by atoms with van der Waals surface area (Å²) in [6.07, 6.45) is 4.63. The first-order valence-electron chi connectivity index (χ1n) is 6.22. The fourth-order valence-electron chi connectivity index (χ4n) is 2.15. The standard InChI is InChI=1S/C12H14ClN3O2/c13-11-6-5-10(16(17)18)12(14-11)15(9-3-4-9)7-8-1-2-8/h5-6,8-9H,1-4,7H2. The third-order valence-corrected chi connectivity index (χ3v) is 3.64. The van der Waals surface area contributed by atoms with Crippen LogP contribution in [0.2, 0.25) is 5.15 Å². The Morgan fingerprint density at radius 2 is 2.11 bits per heavy atom. The van der Waals surface area contributed by atoms with Gasteiger partial charge >= 0.3 is 5.69 Å². The Bertz CT molecular complexity index is 486. The van der Waals surface area contributed by atoms with E-state index in [9.17, 15) is 10.1 Å². The van der Waals surface area contributed by atoms with E-state index in [0.717, 1.165) is 19.4 Å². The average Bonchev–Trinajstić information content (AvgIpc) is 3.18. The quantitative estimate of drug-likeness (QED) is 0.467. The molecule has 0 amide bonds. The number of anilines is 1. The second-order valence-electron chi connectivity index (χ2n) is 5.06. The average molecular weight is 268 g/mol. The summed E-state index contributed by atoms with van der Waals surface area (Å²) in [7, 11) is 0. The molecule has 0 N–H and O–H groups in total. The highest BCUT2D eigenvalue weighted by atomic mass is 35.5. The van der Waals surface area contributed by atoms with Crippen LogP contribution in [0.3, 0.4) is 0 Å². The smallest absolute Gasteiger partial charge is 0.311 e. The van der Waals surface area contributed by atoms with E-state index in [-0.39, 0.29) is 10.6 Å². The minimum Gasteiger partial charge on any atom is -0.348 e. The van der Waals surface area contributed by atoms with Crippen LogP contribution in [0.5, 0.6) is 0 Å². The van der Waals surface area contributed by atoms with Gasteiger partial charge in [-0.3, -0.25) is 10.1 Å². The molecule has 0 unspecified atom stereocenters. The predicted molar refractivity (Wildman–Crippen MR) is 69.0 cm³/mol. The molecule has 2 aliphatic rings. The summed E-state index contributed by atoms with van der Waals surface area (Å²) in [5.74, 6) is 1.12. The first kappa shape index (κ1) is 11.7. The van der Waals surface area contributed by atoms with Gasteiger partial charge in [0.1, 0.15) is 5.15 Å². The minimum absolute atomic E-state index is 0.0620. The number of nitrogens with zero attached hydrogens (tertiary/aromatic N) is 3. The summed E-state index contributed by atoms with van der Waals surface area (Å²) >= 11 is 5.88. The number of nitro groups is 1. The second-order valence-corrected chi connectivity index (χ2v) is 5.45. The molecule has 1 heterocycles. The highest BCUT2D eigenvalue weighted by Crippen LogP contribution is 2.40. The molecule has 0 spiro atoms. The van der Waals surface area contributed by atoms with Crippen molar-refractivity contribution in [3.63, 3.8) is 0 Å². The van der Waals surface area contributed by atoms with Crippen molar-refractivity contribution in [3.05, 3.63) is 27.4 Å². The van der Waals surface area contributed by atoms with Crippen LogP contribution in [-0.4, -0.2) is 22.5 Å². The van der Waals surface area contributed by atoms with Gasteiger partial charge in [-0.25, -0.2) is 4.98 Å². The normalized spacial score (nSPS) is 18.7. The molecule has 3 rings (SSSR count). The molecule has 2 saturated carbocycles. The van der Waals surface area contributed by atoms with Gasteiger partial charge in [0.05, 0.1) is 4.92 Å². The van der Waals surface area contributed by atoms with Crippen LogP contribution in [-0.2, 0) is 0 Å². The second kappa shape index (κ2) is 4.39. The zero-order valence-corrected chi connectivity index (χ0v) is 10.6. The molecular formula is C12H14ClN3O2. The number of aromatic nitrogens is 1. The van der Waals surface area contributed by atoms with E-state index in [4.69, 9.17) is 11.6 Å². The number of halogens is 1. The van der Waals surface area contributed by atoms with Crippen molar-refractivity contribution < 1.29 is 4.92 Å². The Hall–Kier alpha value is -1.36. The van der Waals surface area contributed by atoms with Gasteiger partial charge < -0.3 is 4.90 Å². The SMILES string of the molecule is O=[N+]([O-])c1ccc(Cl)nc1N(CC1CC1)C1CC1. The fourth-order valence-corrected chi connectivity index (χ4v) is 2.29. The van der Waals surface area contributed by atoms with Crippen molar-refractivity contribution in [2.45, 2.75) is 31.7 Å². The van der Waals surface area contributed by atoms with Crippen molar-refractivity contribution in [1.29, 1.82) is 0 Å². The Kier molecular flexibility index (Phi) is 2.86. The van der Waals surface area contributed by atoms with E-state index in [1.807, 2.05) is 0 Å². The molecule has 0 bridgehead atoms. The topological polar surface area (TPSA) is 59.3 Å². The van der Waals surface area contributed by atoms with Gasteiger partial charge in [0.2, 0.25) is 5.82 Å². The van der Waals surface area contributed by atoms with Gasteiger partial charge in [-0.05, 0) is 37.7 Å². The monoisotopic (exact) mass is 267 g/mol. The molecule has 18 heavy (non-hydrogen) atoms. The summed E-state index contributed by atoms with van der Waals surface area (Å²) in [6.45, 7) is 0.874. The first-order chi connectivity index (χ1) is 8.65. The highest BCUT2D eigenvalue weighted by Gasteiger charge is 2.37. The maximum absolute atomic E-state index is 11.1. The van der Waals surface area contributed by atoms with E-state index in [1.54, 1.807) is 0 Å². The van der Waals surface area contributed by atoms with Crippen LogP contribution in [0.15, 0.2) is 12.1 Å². The Morgan fingerprint density at radius 1 is 1.39 bits per heavy atom. The summed E-state index contributed by atoms with van der Waals surface area (Å²) in [5.41, 5.74) is 0.0620. The van der Waals surface area contributed by atoms with Gasteiger partial charge in [-0.1, -0.05) is 11.6 Å². The predicted octanol–water partition coefficient (Wildman–Crippen LogP) is 3.02. The lowest BCUT2D eigenvalue weighted by atomic mass is 10.3. The molecule has 2 fully saturated rings. The summed E-state index contributed by atoms with van der Waals surface area (Å²) in [4.78, 5) is 17.0. The lowest BCUT2D eigenvalue weighted by Crippen LogP contribution is -2.29. The third kappa shape index (κ3) is 2.41. The molecular weight excluding hydrogens is 254 g/mol. The molecule has 1 aromatic rings. The molecule has 0 aliphatic heterocycles. The Balaban J connectivity index is 1.95. The molecule has 5 nitrogen and oxygen atoms in total. The number of pyridine rings is 1. The van der Waals surface area contributed by atoms with Gasteiger partial charge in [0.25, 0.3) is 0 Å². The van der Waals surface area contributed by atoms with Crippen LogP contribution < -0.4 is 4.90 Å². The van der Waals surface area contributed by atoms with Crippen molar-refractivity contribution in [2.75, 3.05) is 11.4 Å². The summed E-state index contributed by atoms with van der Waals surface area (Å²) < 4.78 is 0. The van der Waals surface area contributed by atoms with E-state index in [0.29, 0.717) is 22.9 Å². The molecule has 0 radical (unpaired) electrons. The van der Waals surface area contributed by atoms with Crippen LogP contribution in [0.4, 0.5) is 11.5 Å². The summed E-state index contributed by atoms with van der Waals surface area (Å²) in [6, 6.07) is 3.34. The zero-order chi connectivity index (χ0) is 12.7. The lowest BCUT2D eigenvalue weighted by Gasteiger charge is -2.23. The zero-order valence-electron chi connectivity index (χ0n) is 9.88. The lowest BCUT2D eigenvalue weighted by molar-refractivity contribution is -0.384. The largest absolute Gasteiger partial charge is 0.348 e. The van der Waals surface area contributed by atoms with E-state index >= 15 is 0 Å². The van der Waals surface area contributed by atoms with Gasteiger partial charge in [0, 0.05) is 18.7 Å². The van der Waals surface area contributed by atoms with Crippen LogP contribution in [0.25, 0.3) is 0 Å². The van der Waals surface area contributed by atoms with E-state index < -0.39 is 0 Å². The molecule has 0 saturated heterocycles. The van der Waals surface area contributed by atoms with Crippen LogP contribution in [0.1, 0.15) is 25.7 Å². The maximum Gasteiger partial charge on any atom is 0.311 e. The van der Waals surface area contributed by atoms with Crippen molar-refractivity contribution in [3.8, 4) is 0 Å². The van der Waals surface area contributed by atoms with Crippen molar-refractivity contribution in [2.24, 2.45) is 5.92 Å². The maximum atomic E-state index is 11.1. The van der Waals surface area contributed by atoms with Crippen LogP contribution in [0, 0.1) is 16.0 Å². The number of hydrogen-bond acceptors (Lipinski definition) is 4. The Morgan fingerprint density at radius 3 is 2.67 bits per heavy atom.